The van der Waals surface area contributed by atoms with Crippen LogP contribution in [0.5, 0.6) is 5.75 Å². The molecule has 1 heterocycles. The number of aryl methyl sites for hydroxylation is 1. The maximum atomic E-state index is 11.8. The standard InChI is InChI=1S/C26H33N5O2/c1-3-27-26(28-12-11-20-16-29-24-13-18(2)7-10-23(20)24)30-15-19-5-4-6-22(14-19)33-17-25(32)31-21-8-9-21/h4-7,10,13-14,16,21,29H,3,8-9,11-12,15,17H2,1-2H3,(H,31,32)(H2,27,28,30). The summed E-state index contributed by atoms with van der Waals surface area (Å²) >= 11 is 0. The highest BCUT2D eigenvalue weighted by Gasteiger charge is 2.23. The minimum Gasteiger partial charge on any atom is -0.484 e. The van der Waals surface area contributed by atoms with Crippen LogP contribution in [0.25, 0.3) is 10.9 Å². The third-order valence-corrected chi connectivity index (χ3v) is 5.58. The van der Waals surface area contributed by atoms with Crippen molar-refractivity contribution < 1.29 is 9.53 Å². The van der Waals surface area contributed by atoms with E-state index in [9.17, 15) is 4.79 Å². The van der Waals surface area contributed by atoms with E-state index in [1.807, 2.05) is 24.3 Å². The van der Waals surface area contributed by atoms with Crippen molar-refractivity contribution >= 4 is 22.8 Å². The molecule has 0 aliphatic heterocycles. The number of guanidine groups is 1. The van der Waals surface area contributed by atoms with Gasteiger partial charge in [-0.15, -0.1) is 0 Å². The second-order valence-corrected chi connectivity index (χ2v) is 8.51. The Bertz CT molecular complexity index is 1120. The molecule has 1 fully saturated rings. The summed E-state index contributed by atoms with van der Waals surface area (Å²) in [7, 11) is 0. The third-order valence-electron chi connectivity index (χ3n) is 5.58. The lowest BCUT2D eigenvalue weighted by Crippen LogP contribution is -2.38. The number of amides is 1. The number of nitrogens with zero attached hydrogens (tertiary/aromatic N) is 1. The number of aromatic nitrogens is 1. The number of fused-ring (bicyclic) bond motifs is 1. The molecule has 4 rings (SSSR count). The zero-order chi connectivity index (χ0) is 23.0. The number of hydrogen-bond donors (Lipinski definition) is 4. The van der Waals surface area contributed by atoms with Crippen LogP contribution >= 0.6 is 0 Å². The number of ether oxygens (including phenoxy) is 1. The lowest BCUT2D eigenvalue weighted by Gasteiger charge is -2.12. The van der Waals surface area contributed by atoms with Gasteiger partial charge in [-0.2, -0.15) is 0 Å². The van der Waals surface area contributed by atoms with Crippen LogP contribution in [0.4, 0.5) is 0 Å². The van der Waals surface area contributed by atoms with Crippen LogP contribution in [0.3, 0.4) is 0 Å². The summed E-state index contributed by atoms with van der Waals surface area (Å²) in [4.78, 5) is 19.9. The predicted molar refractivity (Wildman–Crippen MR) is 133 cm³/mol. The van der Waals surface area contributed by atoms with Crippen LogP contribution < -0.4 is 20.7 Å². The maximum Gasteiger partial charge on any atom is 0.258 e. The summed E-state index contributed by atoms with van der Waals surface area (Å²) in [6, 6.07) is 14.6. The average molecular weight is 448 g/mol. The molecule has 1 aromatic heterocycles. The van der Waals surface area contributed by atoms with E-state index >= 15 is 0 Å². The fourth-order valence-electron chi connectivity index (χ4n) is 3.71. The van der Waals surface area contributed by atoms with Gasteiger partial charge in [0.15, 0.2) is 12.6 Å². The lowest BCUT2D eigenvalue weighted by molar-refractivity contribution is -0.123. The van der Waals surface area contributed by atoms with Crippen molar-refractivity contribution in [2.45, 2.75) is 45.7 Å². The molecule has 7 nitrogen and oxygen atoms in total. The number of nitrogens with one attached hydrogen (secondary N) is 4. The molecule has 3 aromatic rings. The molecule has 0 spiro atoms. The Hall–Kier alpha value is -3.48. The van der Waals surface area contributed by atoms with Gasteiger partial charge < -0.3 is 25.7 Å². The number of carbonyl (C=O) groups is 1. The van der Waals surface area contributed by atoms with Gasteiger partial charge >= 0.3 is 0 Å². The van der Waals surface area contributed by atoms with Gasteiger partial charge in [0.1, 0.15) is 5.75 Å². The van der Waals surface area contributed by atoms with E-state index in [1.54, 1.807) is 0 Å². The van der Waals surface area contributed by atoms with Crippen LogP contribution in [0.2, 0.25) is 0 Å². The van der Waals surface area contributed by atoms with E-state index < -0.39 is 0 Å². The largest absolute Gasteiger partial charge is 0.484 e. The van der Waals surface area contributed by atoms with Crippen LogP contribution in [0, 0.1) is 6.92 Å². The summed E-state index contributed by atoms with van der Waals surface area (Å²) < 4.78 is 5.65. The molecule has 1 aliphatic carbocycles. The molecule has 0 bridgehead atoms. The van der Waals surface area contributed by atoms with Gasteiger partial charge in [-0.05, 0) is 68.0 Å². The lowest BCUT2D eigenvalue weighted by atomic mass is 10.1. The first-order valence-electron chi connectivity index (χ1n) is 11.7. The average Bonchev–Trinajstić information content (AvgIpc) is 3.54. The Labute approximate surface area is 195 Å². The Morgan fingerprint density at radius 3 is 2.88 bits per heavy atom. The van der Waals surface area contributed by atoms with E-state index in [2.05, 4.69) is 59.2 Å². The first-order chi connectivity index (χ1) is 16.1. The van der Waals surface area contributed by atoms with E-state index in [-0.39, 0.29) is 12.5 Å². The number of aliphatic imine (C=N–C) groups is 1. The fraction of sp³-hybridized carbons (Fsp3) is 0.385. The molecule has 0 unspecified atom stereocenters. The smallest absolute Gasteiger partial charge is 0.258 e. The first-order valence-corrected chi connectivity index (χ1v) is 11.7. The van der Waals surface area contributed by atoms with Gasteiger partial charge in [0.25, 0.3) is 5.91 Å². The molecule has 0 radical (unpaired) electrons. The van der Waals surface area contributed by atoms with Crippen molar-refractivity contribution in [3.63, 3.8) is 0 Å². The highest BCUT2D eigenvalue weighted by Crippen LogP contribution is 2.20. The molecule has 2 aromatic carbocycles. The summed E-state index contributed by atoms with van der Waals surface area (Å²) in [6.07, 6.45) is 5.14. The molecule has 1 amide bonds. The maximum absolute atomic E-state index is 11.8. The molecule has 4 N–H and O–H groups in total. The van der Waals surface area contributed by atoms with Crippen molar-refractivity contribution in [2.24, 2.45) is 4.99 Å². The Balaban J connectivity index is 1.29. The Morgan fingerprint density at radius 1 is 1.18 bits per heavy atom. The SMILES string of the molecule is CCNC(=NCc1cccc(OCC(=O)NC2CC2)c1)NCCc1c[nH]c2cc(C)ccc12. The highest BCUT2D eigenvalue weighted by atomic mass is 16.5. The molecular weight excluding hydrogens is 414 g/mol. The fourth-order valence-corrected chi connectivity index (χ4v) is 3.71. The number of aromatic amines is 1. The van der Waals surface area contributed by atoms with E-state index in [1.165, 1.54) is 22.0 Å². The van der Waals surface area contributed by atoms with Gasteiger partial charge in [0.2, 0.25) is 0 Å². The van der Waals surface area contributed by atoms with Crippen molar-refractivity contribution in [1.82, 2.24) is 20.9 Å². The number of hydrogen-bond acceptors (Lipinski definition) is 3. The minimum absolute atomic E-state index is 0.0425. The predicted octanol–water partition coefficient (Wildman–Crippen LogP) is 3.43. The molecule has 7 heteroatoms. The summed E-state index contributed by atoms with van der Waals surface area (Å²) in [6.45, 7) is 6.30. The molecule has 0 saturated heterocycles. The van der Waals surface area contributed by atoms with E-state index in [0.29, 0.717) is 18.3 Å². The van der Waals surface area contributed by atoms with E-state index in [0.717, 1.165) is 43.9 Å². The monoisotopic (exact) mass is 447 g/mol. The number of benzene rings is 2. The highest BCUT2D eigenvalue weighted by molar-refractivity contribution is 5.84. The van der Waals surface area contributed by atoms with Crippen molar-refractivity contribution in [3.8, 4) is 5.75 Å². The molecular formula is C26H33N5O2. The molecule has 33 heavy (non-hydrogen) atoms. The van der Waals surface area contributed by atoms with Gasteiger partial charge in [0, 0.05) is 36.2 Å². The van der Waals surface area contributed by atoms with Gasteiger partial charge in [-0.1, -0.05) is 24.3 Å². The van der Waals surface area contributed by atoms with E-state index in [4.69, 9.17) is 9.73 Å². The second-order valence-electron chi connectivity index (χ2n) is 8.51. The number of H-pyrrole nitrogens is 1. The summed E-state index contributed by atoms with van der Waals surface area (Å²) in [5.41, 5.74) is 4.76. The summed E-state index contributed by atoms with van der Waals surface area (Å²) in [5, 5.41) is 10.9. The van der Waals surface area contributed by atoms with Gasteiger partial charge in [0.05, 0.1) is 6.54 Å². The third kappa shape index (κ3) is 6.75. The van der Waals surface area contributed by atoms with Crippen LogP contribution in [-0.2, 0) is 17.8 Å². The second kappa shape index (κ2) is 10.9. The minimum atomic E-state index is -0.0649. The van der Waals surface area contributed by atoms with Crippen LogP contribution in [0.1, 0.15) is 36.5 Å². The Kier molecular flexibility index (Phi) is 7.50. The number of rotatable bonds is 10. The first kappa shape index (κ1) is 22.7. The Morgan fingerprint density at radius 2 is 2.06 bits per heavy atom. The molecule has 1 aliphatic rings. The summed E-state index contributed by atoms with van der Waals surface area (Å²) in [5.74, 6) is 1.40. The molecule has 174 valence electrons. The zero-order valence-electron chi connectivity index (χ0n) is 19.4. The quantitative estimate of drug-likeness (QED) is 0.283. The molecule has 1 saturated carbocycles. The van der Waals surface area contributed by atoms with Crippen molar-refractivity contribution in [2.75, 3.05) is 19.7 Å². The zero-order valence-corrected chi connectivity index (χ0v) is 19.4. The van der Waals surface area contributed by atoms with Gasteiger partial charge in [-0.3, -0.25) is 4.79 Å². The normalized spacial score (nSPS) is 13.7. The van der Waals surface area contributed by atoms with Crippen molar-refractivity contribution in [1.29, 1.82) is 0 Å². The van der Waals surface area contributed by atoms with Crippen molar-refractivity contribution in [3.05, 3.63) is 65.4 Å². The molecule has 0 atom stereocenters. The van der Waals surface area contributed by atoms with Crippen LogP contribution in [0.15, 0.2) is 53.7 Å². The topological polar surface area (TPSA) is 90.5 Å². The van der Waals surface area contributed by atoms with Gasteiger partial charge in [-0.25, -0.2) is 4.99 Å². The van der Waals surface area contributed by atoms with Crippen LogP contribution in [-0.4, -0.2) is 42.6 Å². The number of carbonyl (C=O) groups excluding carboxylic acids is 1.